The third-order valence-corrected chi connectivity index (χ3v) is 3.52. The Hall–Kier alpha value is -1.88. The first-order valence-electron chi connectivity index (χ1n) is 7.09. The summed E-state index contributed by atoms with van der Waals surface area (Å²) in [4.78, 5) is 22.1. The van der Waals surface area contributed by atoms with Crippen molar-refractivity contribution < 1.29 is 24.5 Å². The van der Waals surface area contributed by atoms with Crippen LogP contribution in [0.15, 0.2) is 30.3 Å². The van der Waals surface area contributed by atoms with E-state index in [9.17, 15) is 14.7 Å². The van der Waals surface area contributed by atoms with Gasteiger partial charge in [-0.05, 0) is 18.4 Å². The summed E-state index contributed by atoms with van der Waals surface area (Å²) in [5.74, 6) is -2.27. The summed E-state index contributed by atoms with van der Waals surface area (Å²) in [5, 5.41) is 18.1. The molecule has 2 atom stereocenters. The topological polar surface area (TPSA) is 83.8 Å². The van der Waals surface area contributed by atoms with Crippen LogP contribution in [0.4, 0.5) is 0 Å². The summed E-state index contributed by atoms with van der Waals surface area (Å²) in [6, 6.07) is 9.18. The summed E-state index contributed by atoms with van der Waals surface area (Å²) >= 11 is 0. The van der Waals surface area contributed by atoms with Gasteiger partial charge >= 0.3 is 11.9 Å². The Morgan fingerprint density at radius 2 is 1.62 bits per heavy atom. The number of benzene rings is 1. The zero-order chi connectivity index (χ0) is 15.7. The number of unbranched alkanes of at least 4 members (excludes halogenated alkanes) is 2. The molecular formula is C16H22O5. The maximum Gasteiger partial charge on any atom is 0.332 e. The number of hydrogen-bond acceptors (Lipinski definition) is 3. The lowest BCUT2D eigenvalue weighted by Crippen LogP contribution is -2.22. The maximum absolute atomic E-state index is 11.3. The van der Waals surface area contributed by atoms with Crippen molar-refractivity contribution in [3.05, 3.63) is 35.9 Å². The molecule has 0 radical (unpaired) electrons. The van der Waals surface area contributed by atoms with Crippen molar-refractivity contribution >= 4 is 11.9 Å². The van der Waals surface area contributed by atoms with E-state index >= 15 is 0 Å². The highest BCUT2D eigenvalue weighted by Crippen LogP contribution is 2.23. The molecule has 0 amide bonds. The lowest BCUT2D eigenvalue weighted by atomic mass is 9.93. The molecule has 5 heteroatoms. The SMILES string of the molecule is COC(CCCCCC(C(=O)O)c1ccccc1)C(=O)O. The smallest absolute Gasteiger partial charge is 0.332 e. The van der Waals surface area contributed by atoms with Crippen LogP contribution >= 0.6 is 0 Å². The fraction of sp³-hybridized carbons (Fsp3) is 0.500. The molecule has 21 heavy (non-hydrogen) atoms. The van der Waals surface area contributed by atoms with Crippen molar-refractivity contribution in [2.45, 2.75) is 44.1 Å². The van der Waals surface area contributed by atoms with Gasteiger partial charge in [0.15, 0.2) is 6.10 Å². The van der Waals surface area contributed by atoms with E-state index in [1.54, 1.807) is 0 Å². The number of rotatable bonds is 10. The van der Waals surface area contributed by atoms with E-state index in [-0.39, 0.29) is 0 Å². The van der Waals surface area contributed by atoms with Crippen LogP contribution in [0, 0.1) is 0 Å². The van der Waals surface area contributed by atoms with E-state index < -0.39 is 24.0 Å². The van der Waals surface area contributed by atoms with Gasteiger partial charge in [-0.1, -0.05) is 49.6 Å². The largest absolute Gasteiger partial charge is 0.481 e. The van der Waals surface area contributed by atoms with E-state index in [1.165, 1.54) is 7.11 Å². The Kier molecular flexibility index (Phi) is 7.46. The Morgan fingerprint density at radius 1 is 1.00 bits per heavy atom. The minimum absolute atomic E-state index is 0.453. The standard InChI is InChI=1S/C16H22O5/c1-21-14(16(19)20)11-7-3-6-10-13(15(17)18)12-8-4-2-5-9-12/h2,4-5,8-9,13-14H,3,6-7,10-11H2,1H3,(H,17,18)(H,19,20). The molecule has 1 aromatic carbocycles. The van der Waals surface area contributed by atoms with E-state index in [0.717, 1.165) is 18.4 Å². The average Bonchev–Trinajstić information content (AvgIpc) is 2.46. The number of carboxylic acids is 2. The predicted molar refractivity (Wildman–Crippen MR) is 78.3 cm³/mol. The van der Waals surface area contributed by atoms with Crippen LogP contribution in [-0.4, -0.2) is 35.4 Å². The van der Waals surface area contributed by atoms with Gasteiger partial charge < -0.3 is 14.9 Å². The van der Waals surface area contributed by atoms with Gasteiger partial charge in [-0.15, -0.1) is 0 Å². The normalized spacial score (nSPS) is 13.6. The summed E-state index contributed by atoms with van der Waals surface area (Å²) in [7, 11) is 1.38. The van der Waals surface area contributed by atoms with Crippen molar-refractivity contribution in [1.82, 2.24) is 0 Å². The Balaban J connectivity index is 2.36. The summed E-state index contributed by atoms with van der Waals surface area (Å²) in [6.07, 6.45) is 2.51. The molecule has 0 aliphatic carbocycles. The highest BCUT2D eigenvalue weighted by atomic mass is 16.5. The molecule has 2 N–H and O–H groups in total. The molecule has 0 fully saturated rings. The first-order valence-corrected chi connectivity index (χ1v) is 7.09. The number of carbonyl (C=O) groups is 2. The van der Waals surface area contributed by atoms with Gasteiger partial charge in [-0.3, -0.25) is 4.79 Å². The molecule has 1 aromatic rings. The molecule has 116 valence electrons. The summed E-state index contributed by atoms with van der Waals surface area (Å²) in [5.41, 5.74) is 0.810. The molecule has 0 heterocycles. The highest BCUT2D eigenvalue weighted by molar-refractivity contribution is 5.76. The maximum atomic E-state index is 11.3. The van der Waals surface area contributed by atoms with Gasteiger partial charge in [-0.25, -0.2) is 4.79 Å². The van der Waals surface area contributed by atoms with Crippen LogP contribution in [0.2, 0.25) is 0 Å². The van der Waals surface area contributed by atoms with Crippen molar-refractivity contribution in [3.8, 4) is 0 Å². The molecule has 0 bridgehead atoms. The number of carboxylic acid groups (broad SMARTS) is 2. The number of hydrogen-bond donors (Lipinski definition) is 2. The first-order chi connectivity index (χ1) is 10.1. The lowest BCUT2D eigenvalue weighted by Gasteiger charge is -2.13. The van der Waals surface area contributed by atoms with Crippen LogP contribution in [-0.2, 0) is 14.3 Å². The molecule has 0 aliphatic rings. The minimum Gasteiger partial charge on any atom is -0.481 e. The van der Waals surface area contributed by atoms with Crippen molar-refractivity contribution in [1.29, 1.82) is 0 Å². The molecule has 0 spiro atoms. The molecule has 0 saturated carbocycles. The quantitative estimate of drug-likeness (QED) is 0.648. The van der Waals surface area contributed by atoms with Gasteiger partial charge in [-0.2, -0.15) is 0 Å². The van der Waals surface area contributed by atoms with Crippen LogP contribution < -0.4 is 0 Å². The average molecular weight is 294 g/mol. The second kappa shape index (κ2) is 9.13. The predicted octanol–water partition coefficient (Wildman–Crippen LogP) is 2.90. The van der Waals surface area contributed by atoms with Crippen LogP contribution in [0.3, 0.4) is 0 Å². The molecule has 0 saturated heterocycles. The Labute approximate surface area is 124 Å². The lowest BCUT2D eigenvalue weighted by molar-refractivity contribution is -0.148. The van der Waals surface area contributed by atoms with Gasteiger partial charge in [0, 0.05) is 7.11 Å². The minimum atomic E-state index is -0.954. The van der Waals surface area contributed by atoms with Crippen molar-refractivity contribution in [2.75, 3.05) is 7.11 Å². The second-order valence-electron chi connectivity index (χ2n) is 5.00. The third-order valence-electron chi connectivity index (χ3n) is 3.52. The van der Waals surface area contributed by atoms with Crippen molar-refractivity contribution in [2.24, 2.45) is 0 Å². The van der Waals surface area contributed by atoms with E-state index in [1.807, 2.05) is 30.3 Å². The molecule has 2 unspecified atom stereocenters. The van der Waals surface area contributed by atoms with E-state index in [0.29, 0.717) is 19.3 Å². The van der Waals surface area contributed by atoms with Crippen LogP contribution in [0.25, 0.3) is 0 Å². The number of methoxy groups -OCH3 is 1. The third kappa shape index (κ3) is 5.95. The zero-order valence-corrected chi connectivity index (χ0v) is 12.2. The van der Waals surface area contributed by atoms with Gasteiger partial charge in [0.2, 0.25) is 0 Å². The van der Waals surface area contributed by atoms with Crippen LogP contribution in [0.5, 0.6) is 0 Å². The fourth-order valence-electron chi connectivity index (χ4n) is 2.32. The molecular weight excluding hydrogens is 272 g/mol. The summed E-state index contributed by atoms with van der Waals surface area (Å²) < 4.78 is 4.85. The molecule has 0 aromatic heterocycles. The molecule has 5 nitrogen and oxygen atoms in total. The molecule has 1 rings (SSSR count). The zero-order valence-electron chi connectivity index (χ0n) is 12.2. The van der Waals surface area contributed by atoms with Gasteiger partial charge in [0.1, 0.15) is 0 Å². The molecule has 0 aliphatic heterocycles. The highest BCUT2D eigenvalue weighted by Gasteiger charge is 2.19. The second-order valence-corrected chi connectivity index (χ2v) is 5.00. The monoisotopic (exact) mass is 294 g/mol. The van der Waals surface area contributed by atoms with Gasteiger partial charge in [0.25, 0.3) is 0 Å². The number of ether oxygens (including phenoxy) is 1. The summed E-state index contributed by atoms with van der Waals surface area (Å²) in [6.45, 7) is 0. The van der Waals surface area contributed by atoms with Crippen LogP contribution in [0.1, 0.15) is 43.6 Å². The first kappa shape index (κ1) is 17.2. The van der Waals surface area contributed by atoms with E-state index in [2.05, 4.69) is 0 Å². The Morgan fingerprint density at radius 3 is 2.14 bits per heavy atom. The van der Waals surface area contributed by atoms with E-state index in [4.69, 9.17) is 9.84 Å². The van der Waals surface area contributed by atoms with Crippen molar-refractivity contribution in [3.63, 3.8) is 0 Å². The van der Waals surface area contributed by atoms with Gasteiger partial charge in [0.05, 0.1) is 5.92 Å². The fourth-order valence-corrected chi connectivity index (χ4v) is 2.32. The number of aliphatic carboxylic acids is 2. The Bertz CT molecular complexity index is 443.